The number of sulfonamides is 1. The van der Waals surface area contributed by atoms with E-state index >= 15 is 0 Å². The molecule has 3 N–H and O–H groups in total. The van der Waals surface area contributed by atoms with Crippen molar-refractivity contribution < 1.29 is 13.5 Å². The molecule has 0 amide bonds. The third-order valence-corrected chi connectivity index (χ3v) is 4.94. The van der Waals surface area contributed by atoms with Gasteiger partial charge in [-0.25, -0.2) is 13.1 Å². The maximum Gasteiger partial charge on any atom is 0.240 e. The molecular formula is C15H26N2O3S. The molecular weight excluding hydrogens is 288 g/mol. The van der Waals surface area contributed by atoms with Gasteiger partial charge in [-0.05, 0) is 50.5 Å². The molecule has 0 aliphatic carbocycles. The number of hydrogen-bond acceptors (Lipinski definition) is 4. The summed E-state index contributed by atoms with van der Waals surface area (Å²) in [5, 5.41) is 12.2. The summed E-state index contributed by atoms with van der Waals surface area (Å²) in [5.41, 5.74) is 0.884. The minimum absolute atomic E-state index is 0.128. The van der Waals surface area contributed by atoms with Crippen molar-refractivity contribution in [3.63, 3.8) is 0 Å². The van der Waals surface area contributed by atoms with Crippen molar-refractivity contribution in [2.75, 3.05) is 18.5 Å². The number of benzene rings is 1. The van der Waals surface area contributed by atoms with Crippen molar-refractivity contribution in [1.29, 1.82) is 0 Å². The predicted molar refractivity (Wildman–Crippen MR) is 85.9 cm³/mol. The summed E-state index contributed by atoms with van der Waals surface area (Å²) in [6.45, 7) is 6.64. The van der Waals surface area contributed by atoms with Crippen LogP contribution in [-0.2, 0) is 10.0 Å². The van der Waals surface area contributed by atoms with Crippen molar-refractivity contribution in [2.45, 2.75) is 44.6 Å². The van der Waals surface area contributed by atoms with E-state index in [-0.39, 0.29) is 17.5 Å². The molecule has 0 bridgehead atoms. The molecule has 0 aromatic heterocycles. The van der Waals surface area contributed by atoms with E-state index in [0.717, 1.165) is 25.1 Å². The Morgan fingerprint density at radius 2 is 1.81 bits per heavy atom. The van der Waals surface area contributed by atoms with E-state index < -0.39 is 10.0 Å². The van der Waals surface area contributed by atoms with Crippen LogP contribution in [0.15, 0.2) is 29.2 Å². The standard InChI is InChI=1S/C15H26N2O3S/c1-4-13(9-10-18)11-16-14-5-7-15(8-6-14)21(19,20)17-12(2)3/h5-8,12-13,16-18H,4,9-11H2,1-3H3. The van der Waals surface area contributed by atoms with Gasteiger partial charge in [-0.1, -0.05) is 13.3 Å². The molecule has 21 heavy (non-hydrogen) atoms. The number of anilines is 1. The lowest BCUT2D eigenvalue weighted by Crippen LogP contribution is -2.30. The highest BCUT2D eigenvalue weighted by Crippen LogP contribution is 2.16. The van der Waals surface area contributed by atoms with E-state index in [1.807, 2.05) is 0 Å². The second kappa shape index (κ2) is 8.36. The molecule has 1 aromatic rings. The minimum Gasteiger partial charge on any atom is -0.396 e. The molecule has 1 aromatic carbocycles. The minimum atomic E-state index is -3.43. The molecule has 0 saturated carbocycles. The monoisotopic (exact) mass is 314 g/mol. The third-order valence-electron chi connectivity index (χ3n) is 3.27. The van der Waals surface area contributed by atoms with Gasteiger partial charge in [0.2, 0.25) is 10.0 Å². The molecule has 0 fully saturated rings. The van der Waals surface area contributed by atoms with Gasteiger partial charge in [0.1, 0.15) is 0 Å². The van der Waals surface area contributed by atoms with Crippen LogP contribution in [0.1, 0.15) is 33.6 Å². The third kappa shape index (κ3) is 6.03. The zero-order valence-electron chi connectivity index (χ0n) is 13.0. The van der Waals surface area contributed by atoms with Crippen molar-refractivity contribution in [1.82, 2.24) is 4.72 Å². The van der Waals surface area contributed by atoms with E-state index in [9.17, 15) is 8.42 Å². The van der Waals surface area contributed by atoms with Crippen LogP contribution < -0.4 is 10.0 Å². The maximum atomic E-state index is 12.0. The number of hydrogen-bond donors (Lipinski definition) is 3. The molecule has 0 radical (unpaired) electrons. The summed E-state index contributed by atoms with van der Waals surface area (Å²) >= 11 is 0. The number of aliphatic hydroxyl groups is 1. The van der Waals surface area contributed by atoms with Gasteiger partial charge in [0.05, 0.1) is 4.90 Å². The van der Waals surface area contributed by atoms with Crippen molar-refractivity contribution in [3.8, 4) is 0 Å². The fraction of sp³-hybridized carbons (Fsp3) is 0.600. The first kappa shape index (κ1) is 17.9. The molecule has 0 spiro atoms. The molecule has 0 heterocycles. The normalized spacial score (nSPS) is 13.4. The zero-order chi connectivity index (χ0) is 15.9. The second-order valence-corrected chi connectivity index (χ2v) is 7.18. The molecule has 6 heteroatoms. The first-order valence-corrected chi connectivity index (χ1v) is 8.84. The molecule has 0 saturated heterocycles. The topological polar surface area (TPSA) is 78.4 Å². The van der Waals surface area contributed by atoms with Crippen LogP contribution >= 0.6 is 0 Å². The van der Waals surface area contributed by atoms with Gasteiger partial charge in [-0.3, -0.25) is 0 Å². The average Bonchev–Trinajstić information content (AvgIpc) is 2.42. The molecule has 0 aliphatic heterocycles. The fourth-order valence-electron chi connectivity index (χ4n) is 2.03. The Morgan fingerprint density at radius 1 is 1.19 bits per heavy atom. The van der Waals surface area contributed by atoms with E-state index in [4.69, 9.17) is 5.11 Å². The summed E-state index contributed by atoms with van der Waals surface area (Å²) in [6, 6.07) is 6.60. The van der Waals surface area contributed by atoms with Crippen molar-refractivity contribution in [2.24, 2.45) is 5.92 Å². The molecule has 0 aliphatic rings. The summed E-state index contributed by atoms with van der Waals surface area (Å²) in [4.78, 5) is 0.268. The highest BCUT2D eigenvalue weighted by Gasteiger charge is 2.14. The van der Waals surface area contributed by atoms with Crippen LogP contribution in [0.5, 0.6) is 0 Å². The van der Waals surface area contributed by atoms with Crippen molar-refractivity contribution in [3.05, 3.63) is 24.3 Å². The quantitative estimate of drug-likeness (QED) is 0.653. The van der Waals surface area contributed by atoms with Gasteiger partial charge in [0.15, 0.2) is 0 Å². The van der Waals surface area contributed by atoms with Crippen molar-refractivity contribution >= 4 is 15.7 Å². The molecule has 120 valence electrons. The number of aliphatic hydroxyl groups excluding tert-OH is 1. The number of rotatable bonds is 9. The molecule has 1 atom stereocenters. The highest BCUT2D eigenvalue weighted by atomic mass is 32.2. The van der Waals surface area contributed by atoms with Crippen LogP contribution in [0.3, 0.4) is 0 Å². The van der Waals surface area contributed by atoms with Gasteiger partial charge in [-0.2, -0.15) is 0 Å². The van der Waals surface area contributed by atoms with Crippen LogP contribution in [0.2, 0.25) is 0 Å². The van der Waals surface area contributed by atoms with Crippen LogP contribution in [0, 0.1) is 5.92 Å². The first-order valence-electron chi connectivity index (χ1n) is 7.36. The molecule has 1 unspecified atom stereocenters. The Balaban J connectivity index is 2.66. The van der Waals surface area contributed by atoms with Gasteiger partial charge in [-0.15, -0.1) is 0 Å². The smallest absolute Gasteiger partial charge is 0.240 e. The average molecular weight is 314 g/mol. The molecule has 1 rings (SSSR count). The van der Waals surface area contributed by atoms with Gasteiger partial charge in [0, 0.05) is 24.9 Å². The maximum absolute atomic E-state index is 12.0. The Kier molecular flexibility index (Phi) is 7.14. The van der Waals surface area contributed by atoms with Crippen LogP contribution in [0.4, 0.5) is 5.69 Å². The van der Waals surface area contributed by atoms with Crippen LogP contribution in [0.25, 0.3) is 0 Å². The summed E-state index contributed by atoms with van der Waals surface area (Å²) in [5.74, 6) is 0.418. The van der Waals surface area contributed by atoms with Crippen LogP contribution in [-0.4, -0.2) is 32.7 Å². The predicted octanol–water partition coefficient (Wildman–Crippen LogP) is 2.19. The fourth-order valence-corrected chi connectivity index (χ4v) is 3.28. The van der Waals surface area contributed by atoms with E-state index in [0.29, 0.717) is 5.92 Å². The second-order valence-electron chi connectivity index (χ2n) is 5.47. The highest BCUT2D eigenvalue weighted by molar-refractivity contribution is 7.89. The Bertz CT molecular complexity index is 512. The lowest BCUT2D eigenvalue weighted by atomic mass is 10.0. The molecule has 5 nitrogen and oxygen atoms in total. The summed E-state index contributed by atoms with van der Waals surface area (Å²) < 4.78 is 26.5. The Hall–Kier alpha value is -1.11. The number of nitrogens with one attached hydrogen (secondary N) is 2. The SMILES string of the molecule is CCC(CCO)CNc1ccc(S(=O)(=O)NC(C)C)cc1. The summed E-state index contributed by atoms with van der Waals surface area (Å²) in [6.07, 6.45) is 1.77. The summed E-state index contributed by atoms with van der Waals surface area (Å²) in [7, 11) is -3.43. The lowest BCUT2D eigenvalue weighted by Gasteiger charge is -2.15. The zero-order valence-corrected chi connectivity index (χ0v) is 13.8. The van der Waals surface area contributed by atoms with E-state index in [1.54, 1.807) is 38.1 Å². The first-order chi connectivity index (χ1) is 9.89. The Labute approximate surface area is 127 Å². The van der Waals surface area contributed by atoms with E-state index in [1.165, 1.54) is 0 Å². The lowest BCUT2D eigenvalue weighted by molar-refractivity contribution is 0.258. The van der Waals surface area contributed by atoms with Gasteiger partial charge >= 0.3 is 0 Å². The van der Waals surface area contributed by atoms with Gasteiger partial charge in [0.25, 0.3) is 0 Å². The largest absolute Gasteiger partial charge is 0.396 e. The van der Waals surface area contributed by atoms with Gasteiger partial charge < -0.3 is 10.4 Å². The Morgan fingerprint density at radius 3 is 2.29 bits per heavy atom. The van der Waals surface area contributed by atoms with E-state index in [2.05, 4.69) is 17.0 Å².